The van der Waals surface area contributed by atoms with Crippen molar-refractivity contribution in [1.82, 2.24) is 5.32 Å². The molecule has 0 aliphatic heterocycles. The van der Waals surface area contributed by atoms with Crippen LogP contribution in [0.4, 0.5) is 5.69 Å². The van der Waals surface area contributed by atoms with Gasteiger partial charge in [-0.25, -0.2) is 0 Å². The Bertz CT molecular complexity index is 379. The van der Waals surface area contributed by atoms with Gasteiger partial charge in [0.15, 0.2) is 0 Å². The van der Waals surface area contributed by atoms with E-state index in [9.17, 15) is 4.79 Å². The van der Waals surface area contributed by atoms with Gasteiger partial charge in [-0.05, 0) is 19.1 Å². The molecule has 0 spiro atoms. The summed E-state index contributed by atoms with van der Waals surface area (Å²) < 4.78 is 5.06. The number of benzene rings is 1. The molecule has 5 heteroatoms. The highest BCUT2D eigenvalue weighted by Gasteiger charge is 2.16. The van der Waals surface area contributed by atoms with Gasteiger partial charge < -0.3 is 20.9 Å². The van der Waals surface area contributed by atoms with E-state index >= 15 is 0 Å². The first-order valence-electron chi connectivity index (χ1n) is 4.94. The van der Waals surface area contributed by atoms with E-state index in [0.29, 0.717) is 17.0 Å². The quantitative estimate of drug-likeness (QED) is 0.646. The van der Waals surface area contributed by atoms with Crippen molar-refractivity contribution in [1.29, 1.82) is 0 Å². The number of nitrogens with two attached hydrogens (primary N) is 1. The summed E-state index contributed by atoms with van der Waals surface area (Å²) in [7, 11) is 1.47. The number of carbonyl (C=O) groups excluding carboxylic acids is 1. The second kappa shape index (κ2) is 5.37. The molecule has 0 aliphatic carbocycles. The zero-order valence-electron chi connectivity index (χ0n) is 9.36. The van der Waals surface area contributed by atoms with Crippen LogP contribution in [-0.2, 0) is 0 Å². The third-order valence-corrected chi connectivity index (χ3v) is 2.16. The number of nitrogen functional groups attached to an aromatic ring is 1. The second-order valence-corrected chi connectivity index (χ2v) is 3.48. The SMILES string of the molecule is COc1cccc(N)c1C(=O)NC(C)CO. The van der Waals surface area contributed by atoms with Crippen LogP contribution < -0.4 is 15.8 Å². The van der Waals surface area contributed by atoms with Gasteiger partial charge in [0.1, 0.15) is 11.3 Å². The maximum Gasteiger partial charge on any atom is 0.257 e. The highest BCUT2D eigenvalue weighted by atomic mass is 16.5. The molecule has 1 unspecified atom stereocenters. The molecule has 0 aliphatic rings. The van der Waals surface area contributed by atoms with Crippen molar-refractivity contribution in [3.05, 3.63) is 23.8 Å². The molecule has 0 fully saturated rings. The van der Waals surface area contributed by atoms with Gasteiger partial charge in [-0.15, -0.1) is 0 Å². The summed E-state index contributed by atoms with van der Waals surface area (Å²) in [6.45, 7) is 1.57. The van der Waals surface area contributed by atoms with E-state index in [2.05, 4.69) is 5.32 Å². The van der Waals surface area contributed by atoms with Crippen molar-refractivity contribution in [3.63, 3.8) is 0 Å². The lowest BCUT2D eigenvalue weighted by molar-refractivity contribution is 0.0920. The highest BCUT2D eigenvalue weighted by Crippen LogP contribution is 2.23. The molecule has 0 saturated carbocycles. The monoisotopic (exact) mass is 224 g/mol. The number of rotatable bonds is 4. The Morgan fingerprint density at radius 2 is 2.31 bits per heavy atom. The maximum absolute atomic E-state index is 11.8. The Hall–Kier alpha value is -1.75. The molecule has 0 bridgehead atoms. The zero-order chi connectivity index (χ0) is 12.1. The Morgan fingerprint density at radius 3 is 2.88 bits per heavy atom. The van der Waals surface area contributed by atoms with E-state index in [1.54, 1.807) is 25.1 Å². The number of carbonyl (C=O) groups is 1. The summed E-state index contributed by atoms with van der Waals surface area (Å²) in [5, 5.41) is 11.5. The zero-order valence-corrected chi connectivity index (χ0v) is 9.36. The lowest BCUT2D eigenvalue weighted by atomic mass is 10.1. The molecule has 16 heavy (non-hydrogen) atoms. The van der Waals surface area contributed by atoms with Crippen LogP contribution in [0.15, 0.2) is 18.2 Å². The predicted molar refractivity (Wildman–Crippen MR) is 61.4 cm³/mol. The number of methoxy groups -OCH3 is 1. The van der Waals surface area contributed by atoms with Crippen molar-refractivity contribution in [3.8, 4) is 5.75 Å². The molecule has 4 N–H and O–H groups in total. The van der Waals surface area contributed by atoms with Crippen LogP contribution in [0.3, 0.4) is 0 Å². The molecule has 0 radical (unpaired) electrons. The molecule has 88 valence electrons. The molecule has 0 aromatic heterocycles. The smallest absolute Gasteiger partial charge is 0.257 e. The third kappa shape index (κ3) is 2.64. The number of ether oxygens (including phenoxy) is 1. The lowest BCUT2D eigenvalue weighted by Crippen LogP contribution is -2.35. The van der Waals surface area contributed by atoms with E-state index in [0.717, 1.165) is 0 Å². The van der Waals surface area contributed by atoms with Gasteiger partial charge in [-0.1, -0.05) is 6.07 Å². The minimum Gasteiger partial charge on any atom is -0.496 e. The van der Waals surface area contributed by atoms with E-state index in [-0.39, 0.29) is 18.6 Å². The Labute approximate surface area is 94.2 Å². The molecule has 1 atom stereocenters. The van der Waals surface area contributed by atoms with Crippen LogP contribution in [0.5, 0.6) is 5.75 Å². The van der Waals surface area contributed by atoms with Gasteiger partial charge in [0.05, 0.1) is 13.7 Å². The Morgan fingerprint density at radius 1 is 1.62 bits per heavy atom. The fourth-order valence-corrected chi connectivity index (χ4v) is 1.30. The fraction of sp³-hybridized carbons (Fsp3) is 0.364. The van der Waals surface area contributed by atoms with Gasteiger partial charge in [0.25, 0.3) is 5.91 Å². The van der Waals surface area contributed by atoms with E-state index in [1.807, 2.05) is 0 Å². The fourth-order valence-electron chi connectivity index (χ4n) is 1.30. The van der Waals surface area contributed by atoms with Crippen molar-refractivity contribution in [2.45, 2.75) is 13.0 Å². The minimum atomic E-state index is -0.350. The summed E-state index contributed by atoms with van der Waals surface area (Å²) in [6.07, 6.45) is 0. The highest BCUT2D eigenvalue weighted by molar-refractivity contribution is 6.02. The molecule has 1 amide bonds. The van der Waals surface area contributed by atoms with Crippen LogP contribution >= 0.6 is 0 Å². The van der Waals surface area contributed by atoms with Gasteiger partial charge in [0.2, 0.25) is 0 Å². The van der Waals surface area contributed by atoms with Crippen LogP contribution in [0.1, 0.15) is 17.3 Å². The number of aliphatic hydroxyl groups is 1. The second-order valence-electron chi connectivity index (χ2n) is 3.48. The van der Waals surface area contributed by atoms with Crippen LogP contribution in [0.25, 0.3) is 0 Å². The topological polar surface area (TPSA) is 84.6 Å². The number of hydrogen-bond acceptors (Lipinski definition) is 4. The number of anilines is 1. The van der Waals surface area contributed by atoms with Crippen molar-refractivity contribution >= 4 is 11.6 Å². The van der Waals surface area contributed by atoms with Crippen LogP contribution in [-0.4, -0.2) is 30.8 Å². The first kappa shape index (κ1) is 12.3. The van der Waals surface area contributed by atoms with E-state index < -0.39 is 0 Å². The van der Waals surface area contributed by atoms with Crippen LogP contribution in [0, 0.1) is 0 Å². The van der Waals surface area contributed by atoms with Crippen molar-refractivity contribution in [2.24, 2.45) is 0 Å². The minimum absolute atomic E-state index is 0.124. The van der Waals surface area contributed by atoms with Gasteiger partial charge in [-0.2, -0.15) is 0 Å². The lowest BCUT2D eigenvalue weighted by Gasteiger charge is -2.14. The average Bonchev–Trinajstić information content (AvgIpc) is 2.28. The van der Waals surface area contributed by atoms with Gasteiger partial charge in [0, 0.05) is 11.7 Å². The molecule has 1 aromatic rings. The first-order valence-corrected chi connectivity index (χ1v) is 4.94. The summed E-state index contributed by atoms with van der Waals surface area (Å²) in [5.74, 6) is 0.0686. The number of hydrogen-bond donors (Lipinski definition) is 3. The average molecular weight is 224 g/mol. The molecule has 5 nitrogen and oxygen atoms in total. The molecule has 1 aromatic carbocycles. The standard InChI is InChI=1S/C11H16N2O3/c1-7(6-14)13-11(15)10-8(12)4-3-5-9(10)16-2/h3-5,7,14H,6,12H2,1-2H3,(H,13,15). The molecular formula is C11H16N2O3. The van der Waals surface area contributed by atoms with E-state index in [4.69, 9.17) is 15.6 Å². The number of amides is 1. The molecule has 0 saturated heterocycles. The Balaban J connectivity index is 2.98. The first-order chi connectivity index (χ1) is 7.60. The summed E-state index contributed by atoms with van der Waals surface area (Å²) in [6, 6.07) is 4.67. The summed E-state index contributed by atoms with van der Waals surface area (Å²) in [5.41, 5.74) is 6.36. The van der Waals surface area contributed by atoms with Crippen molar-refractivity contribution < 1.29 is 14.6 Å². The third-order valence-electron chi connectivity index (χ3n) is 2.16. The summed E-state index contributed by atoms with van der Waals surface area (Å²) in [4.78, 5) is 11.8. The van der Waals surface area contributed by atoms with Crippen molar-refractivity contribution in [2.75, 3.05) is 19.5 Å². The number of nitrogens with one attached hydrogen (secondary N) is 1. The molecule has 1 rings (SSSR count). The van der Waals surface area contributed by atoms with Crippen LogP contribution in [0.2, 0.25) is 0 Å². The molecule has 0 heterocycles. The van der Waals surface area contributed by atoms with Gasteiger partial charge in [-0.3, -0.25) is 4.79 Å². The predicted octanol–water partition coefficient (Wildman–Crippen LogP) is 0.388. The largest absolute Gasteiger partial charge is 0.496 e. The number of aliphatic hydroxyl groups excluding tert-OH is 1. The van der Waals surface area contributed by atoms with E-state index in [1.165, 1.54) is 7.11 Å². The normalized spacial score (nSPS) is 11.9. The Kier molecular flexibility index (Phi) is 4.13. The summed E-state index contributed by atoms with van der Waals surface area (Å²) >= 11 is 0. The van der Waals surface area contributed by atoms with Gasteiger partial charge >= 0.3 is 0 Å². The molecular weight excluding hydrogens is 208 g/mol. The maximum atomic E-state index is 11.8.